The topological polar surface area (TPSA) is 81.2 Å². The Labute approximate surface area is 271 Å². The molecule has 1 N–H and O–H groups in total. The number of thioether (sulfide) groups is 1. The van der Waals surface area contributed by atoms with Crippen LogP contribution < -0.4 is 4.90 Å². The van der Waals surface area contributed by atoms with E-state index >= 15 is 0 Å². The molecule has 3 aliphatic heterocycles. The van der Waals surface area contributed by atoms with Crippen molar-refractivity contribution in [1.82, 2.24) is 9.80 Å². The van der Waals surface area contributed by atoms with Crippen molar-refractivity contribution in [1.29, 1.82) is 0 Å². The Morgan fingerprint density at radius 1 is 1.14 bits per heavy atom. The lowest BCUT2D eigenvalue weighted by Crippen LogP contribution is -2.56. The maximum atomic E-state index is 14.9. The summed E-state index contributed by atoms with van der Waals surface area (Å²) in [4.78, 5) is 48.8. The van der Waals surface area contributed by atoms with Gasteiger partial charge in [0, 0.05) is 29.7 Å². The molecule has 3 heterocycles. The third-order valence-corrected chi connectivity index (χ3v) is 12.4. The van der Waals surface area contributed by atoms with Crippen LogP contribution in [-0.2, 0) is 14.4 Å². The Balaban J connectivity index is 1.67. The molecule has 0 radical (unpaired) electrons. The molecule has 3 unspecified atom stereocenters. The van der Waals surface area contributed by atoms with E-state index in [1.54, 1.807) is 56.8 Å². The summed E-state index contributed by atoms with van der Waals surface area (Å²) in [6.45, 7) is 10.5. The van der Waals surface area contributed by atoms with Gasteiger partial charge in [-0.1, -0.05) is 89.1 Å². The van der Waals surface area contributed by atoms with Crippen LogP contribution in [0.3, 0.4) is 0 Å². The van der Waals surface area contributed by atoms with E-state index in [0.29, 0.717) is 30.2 Å². The number of carbonyl (C=O) groups excluding carboxylic acids is 3. The summed E-state index contributed by atoms with van der Waals surface area (Å²) in [5.41, 5.74) is 1.24. The standard InChI is InChI=1S/C33H37BrClN3O4S/c1-4-16-36(17-5-2)30(40)26-27-31(41)38(25(20-39)21-12-8-7-9-13-21)29(33(27)19-22(34)28(26)43-33)32(42)37(18-6-3)24-15-11-10-14-23(24)35/h4,6-15,22,25-29,39H,1,3,5,16-20H2,2H3/t22?,25-,26-,27+,28-,29?,33?/m1/s1. The molecule has 10 heteroatoms. The zero-order valence-corrected chi connectivity index (χ0v) is 27.3. The quantitative estimate of drug-likeness (QED) is 0.236. The zero-order chi connectivity index (χ0) is 30.9. The van der Waals surface area contributed by atoms with Crippen molar-refractivity contribution in [2.45, 2.75) is 46.7 Å². The highest BCUT2D eigenvalue weighted by molar-refractivity contribution is 9.09. The number of alkyl halides is 1. The predicted molar refractivity (Wildman–Crippen MR) is 176 cm³/mol. The van der Waals surface area contributed by atoms with Crippen LogP contribution in [0, 0.1) is 11.8 Å². The van der Waals surface area contributed by atoms with Gasteiger partial charge in [0.25, 0.3) is 5.91 Å². The van der Waals surface area contributed by atoms with Crippen LogP contribution in [0.4, 0.5) is 5.69 Å². The molecule has 3 aliphatic rings. The maximum Gasteiger partial charge on any atom is 0.251 e. The van der Waals surface area contributed by atoms with Crippen molar-refractivity contribution < 1.29 is 19.5 Å². The summed E-state index contributed by atoms with van der Waals surface area (Å²) < 4.78 is -0.887. The van der Waals surface area contributed by atoms with Crippen molar-refractivity contribution in [3.05, 3.63) is 90.5 Å². The van der Waals surface area contributed by atoms with Crippen LogP contribution in [0.25, 0.3) is 0 Å². The lowest BCUT2D eigenvalue weighted by molar-refractivity contribution is -0.145. The Morgan fingerprint density at radius 2 is 1.81 bits per heavy atom. The second-order valence-corrected chi connectivity index (χ2v) is 14.4. The summed E-state index contributed by atoms with van der Waals surface area (Å²) in [7, 11) is 0. The molecule has 3 saturated heterocycles. The van der Waals surface area contributed by atoms with Crippen LogP contribution in [0.1, 0.15) is 31.4 Å². The Bertz CT molecular complexity index is 1400. The first-order valence-electron chi connectivity index (χ1n) is 14.6. The fraction of sp³-hybridized carbons (Fsp3) is 0.424. The fourth-order valence-corrected chi connectivity index (χ4v) is 11.0. The molecule has 7 nitrogen and oxygen atoms in total. The first-order chi connectivity index (χ1) is 20.7. The number of amides is 3. The van der Waals surface area contributed by atoms with Crippen LogP contribution in [0.2, 0.25) is 5.02 Å². The van der Waals surface area contributed by atoms with Gasteiger partial charge in [0.1, 0.15) is 6.04 Å². The van der Waals surface area contributed by atoms with Gasteiger partial charge in [-0.05, 0) is 30.5 Å². The highest BCUT2D eigenvalue weighted by atomic mass is 79.9. The molecule has 2 aromatic carbocycles. The van der Waals surface area contributed by atoms with E-state index in [2.05, 4.69) is 29.1 Å². The first-order valence-corrected chi connectivity index (χ1v) is 16.8. The molecule has 0 aliphatic carbocycles. The molecular formula is C33H37BrClN3O4S. The molecular weight excluding hydrogens is 650 g/mol. The average Bonchev–Trinajstić information content (AvgIpc) is 3.60. The van der Waals surface area contributed by atoms with E-state index in [4.69, 9.17) is 11.6 Å². The van der Waals surface area contributed by atoms with Crippen LogP contribution in [0.5, 0.6) is 0 Å². The Hall–Kier alpha value is -2.59. The number of likely N-dealkylation sites (tertiary alicyclic amines) is 1. The molecule has 0 aromatic heterocycles. The smallest absolute Gasteiger partial charge is 0.251 e. The van der Waals surface area contributed by atoms with Gasteiger partial charge in [0.05, 0.1) is 39.9 Å². The highest BCUT2D eigenvalue weighted by Crippen LogP contribution is 2.69. The lowest BCUT2D eigenvalue weighted by atomic mass is 9.70. The third-order valence-electron chi connectivity index (χ3n) is 8.81. The molecule has 7 atom stereocenters. The van der Waals surface area contributed by atoms with E-state index in [-0.39, 0.29) is 41.0 Å². The molecule has 1 spiro atoms. The Kier molecular flexibility index (Phi) is 9.76. The number of para-hydroxylation sites is 1. The van der Waals surface area contributed by atoms with Crippen LogP contribution >= 0.6 is 39.3 Å². The van der Waals surface area contributed by atoms with Gasteiger partial charge in [-0.3, -0.25) is 14.4 Å². The van der Waals surface area contributed by atoms with Crippen molar-refractivity contribution in [2.24, 2.45) is 11.8 Å². The second-order valence-electron chi connectivity index (χ2n) is 11.3. The summed E-state index contributed by atoms with van der Waals surface area (Å²) in [6, 6.07) is 14.6. The number of benzene rings is 2. The number of fused-ring (bicyclic) bond motifs is 1. The number of nitrogens with zero attached hydrogens (tertiary/aromatic N) is 3. The fourth-order valence-electron chi connectivity index (χ4n) is 7.18. The number of anilines is 1. The van der Waals surface area contributed by atoms with Gasteiger partial charge in [0.15, 0.2) is 0 Å². The van der Waals surface area contributed by atoms with Crippen LogP contribution in [-0.4, -0.2) is 79.7 Å². The highest BCUT2D eigenvalue weighted by Gasteiger charge is 2.76. The number of hydrogen-bond acceptors (Lipinski definition) is 5. The van der Waals surface area contributed by atoms with Gasteiger partial charge in [0.2, 0.25) is 11.8 Å². The van der Waals surface area contributed by atoms with Crippen molar-refractivity contribution in [3.8, 4) is 0 Å². The zero-order valence-electron chi connectivity index (χ0n) is 24.1. The number of halogens is 2. The van der Waals surface area contributed by atoms with Gasteiger partial charge >= 0.3 is 0 Å². The molecule has 0 saturated carbocycles. The average molecular weight is 687 g/mol. The van der Waals surface area contributed by atoms with E-state index in [9.17, 15) is 19.5 Å². The van der Waals surface area contributed by atoms with Crippen molar-refractivity contribution >= 4 is 62.7 Å². The molecule has 43 heavy (non-hydrogen) atoms. The normalized spacial score (nSPS) is 28.0. The summed E-state index contributed by atoms with van der Waals surface area (Å²) in [6.07, 6.45) is 4.64. The van der Waals surface area contributed by atoms with Crippen molar-refractivity contribution in [2.75, 3.05) is 31.1 Å². The molecule has 3 fully saturated rings. The number of carbonyl (C=O) groups is 3. The minimum absolute atomic E-state index is 0.0737. The molecule has 3 amide bonds. The van der Waals surface area contributed by atoms with Gasteiger partial charge in [-0.15, -0.1) is 24.9 Å². The summed E-state index contributed by atoms with van der Waals surface area (Å²) >= 11 is 12.0. The van der Waals surface area contributed by atoms with Gasteiger partial charge < -0.3 is 19.8 Å². The van der Waals surface area contributed by atoms with Gasteiger partial charge in [-0.2, -0.15) is 0 Å². The monoisotopic (exact) mass is 685 g/mol. The summed E-state index contributed by atoms with van der Waals surface area (Å²) in [5, 5.41) is 11.0. The maximum absolute atomic E-state index is 14.9. The summed E-state index contributed by atoms with van der Waals surface area (Å²) in [5.74, 6) is -2.02. The molecule has 228 valence electrons. The molecule has 2 aromatic rings. The second kappa shape index (κ2) is 13.2. The third kappa shape index (κ3) is 5.36. The number of rotatable bonds is 12. The van der Waals surface area contributed by atoms with Gasteiger partial charge in [-0.25, -0.2) is 0 Å². The lowest BCUT2D eigenvalue weighted by Gasteiger charge is -2.40. The molecule has 2 bridgehead atoms. The number of hydrogen-bond donors (Lipinski definition) is 1. The van der Waals surface area contributed by atoms with E-state index < -0.39 is 28.7 Å². The minimum atomic E-state index is -0.953. The van der Waals surface area contributed by atoms with Crippen LogP contribution in [0.15, 0.2) is 79.9 Å². The number of aliphatic hydroxyl groups is 1. The molecule has 5 rings (SSSR count). The predicted octanol–water partition coefficient (Wildman–Crippen LogP) is 5.48. The van der Waals surface area contributed by atoms with E-state index in [0.717, 1.165) is 12.0 Å². The number of aliphatic hydroxyl groups excluding tert-OH is 1. The SMILES string of the molecule is C=CCN(CCC)C(=O)[C@H]1[C@@H]2SC3(CC2Br)C(C(=O)N(CC=C)c2ccccc2Cl)N([C@H](CO)c2ccccc2)C(=O)[C@H]13. The van der Waals surface area contributed by atoms with Crippen molar-refractivity contribution in [3.63, 3.8) is 0 Å². The minimum Gasteiger partial charge on any atom is -0.394 e. The first kappa shape index (κ1) is 31.8. The van der Waals surface area contributed by atoms with E-state index in [1.165, 1.54) is 0 Å². The largest absolute Gasteiger partial charge is 0.394 e. The Morgan fingerprint density at radius 3 is 2.44 bits per heavy atom. The van der Waals surface area contributed by atoms with E-state index in [1.807, 2.05) is 43.3 Å².